The minimum absolute atomic E-state index is 0.527. The van der Waals surface area contributed by atoms with Gasteiger partial charge in [-0.05, 0) is 63.5 Å². The molecule has 2 radical (unpaired) electrons. The molecule has 0 saturated heterocycles. The Morgan fingerprint density at radius 1 is 0.556 bits per heavy atom. The molecule has 0 aliphatic heterocycles. The van der Waals surface area contributed by atoms with Crippen LogP contribution in [-0.4, -0.2) is 9.52 Å². The summed E-state index contributed by atoms with van der Waals surface area (Å²) in [5.41, 5.74) is 16.9. The molecule has 0 aliphatic rings. The summed E-state index contributed by atoms with van der Waals surface area (Å²) >= 11 is -0.826. The molecule has 0 aliphatic carbocycles. The second kappa shape index (κ2) is 23.1. The van der Waals surface area contributed by atoms with Gasteiger partial charge in [-0.25, -0.2) is 0 Å². The van der Waals surface area contributed by atoms with E-state index in [1.54, 1.807) is 0 Å². The molecular weight excluding hydrogens is 791 g/mol. The quantitative estimate of drug-likeness (QED) is 0.0951. The Labute approximate surface area is 350 Å². The average molecular weight is 855 g/mol. The van der Waals surface area contributed by atoms with Crippen LogP contribution in [-0.2, 0) is 33.7 Å². The molecule has 0 N–H and O–H groups in total. The van der Waals surface area contributed by atoms with Crippen LogP contribution in [0.4, 0.5) is 0 Å². The molecule has 0 bridgehead atoms. The number of hydrogen-bond donors (Lipinski definition) is 0. The van der Waals surface area contributed by atoms with Crippen molar-refractivity contribution in [1.29, 1.82) is 0 Å². The second-order valence-electron chi connectivity index (χ2n) is 15.6. The maximum absolute atomic E-state index is 4.93. The van der Waals surface area contributed by atoms with Crippen molar-refractivity contribution in [2.24, 2.45) is 0 Å². The van der Waals surface area contributed by atoms with Gasteiger partial charge in [0.25, 0.3) is 0 Å². The van der Waals surface area contributed by atoms with Crippen LogP contribution < -0.4 is 0 Å². The SMILES string of the molecule is CCCCc1cc2c(-c3cc(C)cc(C)c3)c(C(C)C)ccc2[cH-]1.CCCCc1cc2c(-c3cc(C)cc(C)c3)c(C(C)C)ccc2[cH-]1.C[Si]C.[Cl][Zr+2][Cl]. The monoisotopic (exact) mass is 852 g/mol. The number of hydrogen-bond acceptors (Lipinski definition) is 0. The first-order chi connectivity index (χ1) is 25.8. The summed E-state index contributed by atoms with van der Waals surface area (Å²) in [6, 6.07) is 32.8. The van der Waals surface area contributed by atoms with E-state index in [4.69, 9.17) is 17.0 Å². The first kappa shape index (κ1) is 46.2. The Morgan fingerprint density at radius 3 is 1.15 bits per heavy atom. The van der Waals surface area contributed by atoms with E-state index in [0.29, 0.717) is 11.8 Å². The molecule has 6 rings (SSSR count). The fraction of sp³-hybridized carbons (Fsp3) is 0.400. The Balaban J connectivity index is 0.000000254. The zero-order chi connectivity index (χ0) is 39.9. The zero-order valence-corrected chi connectivity index (χ0v) is 40.2. The van der Waals surface area contributed by atoms with Crippen molar-refractivity contribution in [3.63, 3.8) is 0 Å². The molecule has 286 valence electrons. The van der Waals surface area contributed by atoms with Crippen molar-refractivity contribution in [3.05, 3.63) is 129 Å². The molecule has 0 aromatic heterocycles. The average Bonchev–Trinajstić information content (AvgIpc) is 3.72. The van der Waals surface area contributed by atoms with Crippen molar-refractivity contribution in [2.45, 2.75) is 133 Å². The standard InChI is InChI=1S/2C24H29.C2H6Si.2ClH.Zr/c2*1-6-7-8-19-14-20-9-10-22(16(2)3)24(23(20)15-19)21-12-17(4)11-18(5)13-21;1-3-2;;;/h2*9-16H,6-8H2,1-5H3;1-2H3;2*1H;/q2*-1;;;;+4/p-2. The number of fused-ring (bicyclic) bond motifs is 2. The topological polar surface area (TPSA) is 0 Å². The van der Waals surface area contributed by atoms with E-state index in [2.05, 4.69) is 167 Å². The summed E-state index contributed by atoms with van der Waals surface area (Å²) in [5.74, 6) is 1.05. The summed E-state index contributed by atoms with van der Waals surface area (Å²) in [5, 5.41) is 5.63. The molecule has 0 atom stereocenters. The van der Waals surface area contributed by atoms with Crippen LogP contribution in [0.2, 0.25) is 13.1 Å². The van der Waals surface area contributed by atoms with Crippen LogP contribution in [0.1, 0.15) is 124 Å². The third-order valence-electron chi connectivity index (χ3n) is 9.87. The van der Waals surface area contributed by atoms with Gasteiger partial charge in [0.2, 0.25) is 0 Å². The van der Waals surface area contributed by atoms with Crippen molar-refractivity contribution < 1.29 is 20.8 Å². The van der Waals surface area contributed by atoms with E-state index >= 15 is 0 Å². The number of aryl methyl sites for hydroxylation is 6. The Hall–Kier alpha value is -2.22. The molecule has 54 heavy (non-hydrogen) atoms. The molecule has 0 unspecified atom stereocenters. The van der Waals surface area contributed by atoms with Crippen LogP contribution >= 0.6 is 17.0 Å². The van der Waals surface area contributed by atoms with E-state index in [0.717, 1.165) is 9.52 Å². The van der Waals surface area contributed by atoms with Gasteiger partial charge >= 0.3 is 37.9 Å². The fourth-order valence-corrected chi connectivity index (χ4v) is 7.62. The van der Waals surface area contributed by atoms with Gasteiger partial charge in [0.15, 0.2) is 0 Å². The molecule has 0 nitrogen and oxygen atoms in total. The predicted molar refractivity (Wildman–Crippen MR) is 243 cm³/mol. The van der Waals surface area contributed by atoms with Crippen LogP contribution in [0.5, 0.6) is 0 Å². The third-order valence-corrected chi connectivity index (χ3v) is 9.87. The van der Waals surface area contributed by atoms with Crippen molar-refractivity contribution in [1.82, 2.24) is 0 Å². The summed E-state index contributed by atoms with van der Waals surface area (Å²) < 4.78 is 0. The van der Waals surface area contributed by atoms with E-state index < -0.39 is 20.8 Å². The second-order valence-corrected chi connectivity index (χ2v) is 20.4. The molecule has 6 aromatic rings. The van der Waals surface area contributed by atoms with Gasteiger partial charge in [0.1, 0.15) is 0 Å². The minimum atomic E-state index is -0.826. The van der Waals surface area contributed by atoms with Gasteiger partial charge in [-0.1, -0.05) is 161 Å². The maximum atomic E-state index is 4.93. The molecule has 0 amide bonds. The van der Waals surface area contributed by atoms with E-state index in [-0.39, 0.29) is 0 Å². The van der Waals surface area contributed by atoms with Gasteiger partial charge in [0.05, 0.1) is 0 Å². The van der Waals surface area contributed by atoms with E-state index in [1.807, 2.05) is 0 Å². The van der Waals surface area contributed by atoms with E-state index in [9.17, 15) is 0 Å². The van der Waals surface area contributed by atoms with Crippen LogP contribution in [0.15, 0.2) is 84.9 Å². The number of unbranched alkanes of at least 4 members (excludes halogenated alkanes) is 2. The molecule has 0 heterocycles. The zero-order valence-electron chi connectivity index (χ0n) is 35.2. The third kappa shape index (κ3) is 12.9. The molecule has 4 heteroatoms. The summed E-state index contributed by atoms with van der Waals surface area (Å²) in [4.78, 5) is 0. The molecule has 0 spiro atoms. The molecular formula is C50H64Cl2SiZr. The van der Waals surface area contributed by atoms with Crippen LogP contribution in [0.25, 0.3) is 43.8 Å². The van der Waals surface area contributed by atoms with Gasteiger partial charge in [-0.3, -0.25) is 0 Å². The molecule has 0 saturated carbocycles. The van der Waals surface area contributed by atoms with Crippen molar-refractivity contribution in [2.75, 3.05) is 0 Å². The first-order valence-corrected chi connectivity index (χ1v) is 28.3. The summed E-state index contributed by atoms with van der Waals surface area (Å²) in [7, 11) is 11.0. The van der Waals surface area contributed by atoms with Gasteiger partial charge in [0, 0.05) is 9.52 Å². The number of halogens is 2. The Kier molecular flexibility index (Phi) is 19.8. The predicted octanol–water partition coefficient (Wildman–Crippen LogP) is 16.8. The van der Waals surface area contributed by atoms with Gasteiger partial charge in [-0.15, -0.1) is 69.1 Å². The Morgan fingerprint density at radius 2 is 0.870 bits per heavy atom. The Bertz CT molecular complexity index is 1860. The number of benzene rings is 4. The fourth-order valence-electron chi connectivity index (χ4n) is 7.62. The van der Waals surface area contributed by atoms with E-state index in [1.165, 1.54) is 127 Å². The van der Waals surface area contributed by atoms with Crippen molar-refractivity contribution >= 4 is 48.1 Å². The summed E-state index contributed by atoms with van der Waals surface area (Å²) in [6.07, 6.45) is 7.42. The van der Waals surface area contributed by atoms with Crippen molar-refractivity contribution in [3.8, 4) is 22.3 Å². The van der Waals surface area contributed by atoms with Crippen LogP contribution in [0.3, 0.4) is 0 Å². The van der Waals surface area contributed by atoms with Crippen LogP contribution in [0, 0.1) is 27.7 Å². The summed E-state index contributed by atoms with van der Waals surface area (Å²) in [6.45, 7) is 26.8. The van der Waals surface area contributed by atoms with Gasteiger partial charge in [-0.2, -0.15) is 12.1 Å². The van der Waals surface area contributed by atoms with Gasteiger partial charge < -0.3 is 0 Å². The normalized spacial score (nSPS) is 10.8. The first-order valence-electron chi connectivity index (χ1n) is 20.0. The molecule has 0 fully saturated rings. The number of rotatable bonds is 10. The molecule has 6 aromatic carbocycles.